The average Bonchev–Trinajstić information content (AvgIpc) is 2.95. The summed E-state index contributed by atoms with van der Waals surface area (Å²) in [5, 5.41) is 5.00. The largest absolute Gasteiger partial charge is 0.435 e. The number of nitrogens with one attached hydrogen (secondary N) is 1. The molecule has 3 rings (SSSR count). The fourth-order valence-electron chi connectivity index (χ4n) is 2.49. The van der Waals surface area contributed by atoms with E-state index < -0.39 is 51.8 Å². The Morgan fingerprint density at radius 2 is 1.75 bits per heavy atom. The molecular weight excluding hydrogens is 396 g/mol. The first-order chi connectivity index (χ1) is 12.9. The molecule has 0 saturated carbocycles. The number of carbonyl (C=O) groups excluding carboxylic acids is 1. The topological polar surface area (TPSA) is 77.1 Å². The van der Waals surface area contributed by atoms with E-state index in [1.165, 1.54) is 0 Å². The molecule has 0 aliphatic carbocycles. The zero-order valence-corrected chi connectivity index (χ0v) is 13.8. The summed E-state index contributed by atoms with van der Waals surface area (Å²) in [5.41, 5.74) is -4.70. The average molecular weight is 405 g/mol. The molecular formula is C16H9F6N3O3. The second kappa shape index (κ2) is 6.39. The Morgan fingerprint density at radius 1 is 1.07 bits per heavy atom. The highest BCUT2D eigenvalue weighted by molar-refractivity contribution is 6.04. The van der Waals surface area contributed by atoms with Crippen molar-refractivity contribution in [3.05, 3.63) is 57.7 Å². The van der Waals surface area contributed by atoms with Crippen LogP contribution in [0.25, 0.3) is 11.0 Å². The van der Waals surface area contributed by atoms with E-state index in [-0.39, 0.29) is 5.69 Å². The predicted molar refractivity (Wildman–Crippen MR) is 83.6 cm³/mol. The Kier molecular flexibility index (Phi) is 4.44. The number of fused-ring (bicyclic) bond motifs is 1. The van der Waals surface area contributed by atoms with Crippen molar-refractivity contribution < 1.29 is 35.6 Å². The number of amides is 1. The minimum absolute atomic E-state index is 0.0882. The van der Waals surface area contributed by atoms with E-state index in [0.29, 0.717) is 16.8 Å². The molecule has 2 aromatic heterocycles. The van der Waals surface area contributed by atoms with Crippen molar-refractivity contribution in [3.8, 4) is 0 Å². The monoisotopic (exact) mass is 405 g/mol. The zero-order chi connectivity index (χ0) is 20.9. The fraction of sp³-hybridized carbons (Fsp3) is 0.188. The molecule has 28 heavy (non-hydrogen) atoms. The number of halogens is 6. The van der Waals surface area contributed by atoms with Gasteiger partial charge in [-0.3, -0.25) is 9.48 Å². The number of benzene rings is 1. The van der Waals surface area contributed by atoms with Gasteiger partial charge >= 0.3 is 18.0 Å². The van der Waals surface area contributed by atoms with E-state index in [1.54, 1.807) is 0 Å². The third kappa shape index (κ3) is 3.70. The van der Waals surface area contributed by atoms with Crippen LogP contribution in [0.2, 0.25) is 0 Å². The van der Waals surface area contributed by atoms with Gasteiger partial charge in [0.25, 0.3) is 5.91 Å². The number of rotatable bonds is 2. The Bertz CT molecular complexity index is 1130. The number of anilines is 1. The number of nitrogens with zero attached hydrogens (tertiary/aromatic N) is 2. The summed E-state index contributed by atoms with van der Waals surface area (Å²) in [5.74, 6) is -0.987. The number of aromatic nitrogens is 2. The van der Waals surface area contributed by atoms with Gasteiger partial charge in [0.05, 0.1) is 5.56 Å². The molecule has 2 heterocycles. The summed E-state index contributed by atoms with van der Waals surface area (Å²) in [6, 6.07) is 3.86. The van der Waals surface area contributed by atoms with Gasteiger partial charge in [0.1, 0.15) is 11.3 Å². The van der Waals surface area contributed by atoms with Crippen LogP contribution in [0.1, 0.15) is 21.7 Å². The van der Waals surface area contributed by atoms with Crippen molar-refractivity contribution in [3.63, 3.8) is 0 Å². The molecule has 12 heteroatoms. The molecule has 1 aromatic carbocycles. The highest BCUT2D eigenvalue weighted by atomic mass is 19.4. The van der Waals surface area contributed by atoms with E-state index in [4.69, 9.17) is 4.42 Å². The first-order valence-corrected chi connectivity index (χ1v) is 7.44. The first-order valence-electron chi connectivity index (χ1n) is 7.44. The summed E-state index contributed by atoms with van der Waals surface area (Å²) in [7, 11) is 1.12. The highest BCUT2D eigenvalue weighted by Gasteiger charge is 2.36. The van der Waals surface area contributed by atoms with E-state index >= 15 is 0 Å². The third-order valence-electron chi connectivity index (χ3n) is 3.71. The van der Waals surface area contributed by atoms with Gasteiger partial charge in [-0.05, 0) is 12.1 Å². The van der Waals surface area contributed by atoms with Gasteiger partial charge in [-0.1, -0.05) is 0 Å². The SMILES string of the molecule is Cn1nc(C(F)(F)F)cc1C(=O)Nc1ccc2c(C(F)(F)F)cc(=O)oc2c1. The van der Waals surface area contributed by atoms with E-state index in [9.17, 15) is 35.9 Å². The van der Waals surface area contributed by atoms with Gasteiger partial charge in [-0.15, -0.1) is 0 Å². The van der Waals surface area contributed by atoms with E-state index in [2.05, 4.69) is 10.4 Å². The molecule has 0 atom stereocenters. The van der Waals surface area contributed by atoms with Gasteiger partial charge in [0.15, 0.2) is 5.69 Å². The van der Waals surface area contributed by atoms with Crippen LogP contribution in [0.4, 0.5) is 32.0 Å². The summed E-state index contributed by atoms with van der Waals surface area (Å²) in [6.07, 6.45) is -9.56. The molecule has 1 amide bonds. The van der Waals surface area contributed by atoms with Crippen LogP contribution in [-0.2, 0) is 19.4 Å². The van der Waals surface area contributed by atoms with Gasteiger partial charge in [-0.25, -0.2) is 4.79 Å². The summed E-state index contributed by atoms with van der Waals surface area (Å²) in [6.45, 7) is 0. The second-order valence-electron chi connectivity index (χ2n) is 5.68. The van der Waals surface area contributed by atoms with Crippen LogP contribution in [0, 0.1) is 0 Å². The number of carbonyl (C=O) groups is 1. The molecule has 0 bridgehead atoms. The van der Waals surface area contributed by atoms with Crippen LogP contribution < -0.4 is 10.9 Å². The number of alkyl halides is 6. The molecule has 0 aliphatic heterocycles. The standard InChI is InChI=1S/C16H9F6N3O3/c1-25-10(6-12(24-25)16(20,21)22)14(27)23-7-2-3-8-9(15(17,18)19)5-13(26)28-11(8)4-7/h2-6H,1H3,(H,23,27). The van der Waals surface area contributed by atoms with Crippen LogP contribution in [0.15, 0.2) is 39.5 Å². The van der Waals surface area contributed by atoms with Gasteiger partial charge in [0, 0.05) is 36.3 Å². The molecule has 0 radical (unpaired) electrons. The second-order valence-corrected chi connectivity index (χ2v) is 5.68. The minimum atomic E-state index is -4.80. The van der Waals surface area contributed by atoms with Crippen LogP contribution >= 0.6 is 0 Å². The predicted octanol–water partition coefficient (Wildman–Crippen LogP) is 3.82. The minimum Gasteiger partial charge on any atom is -0.423 e. The van der Waals surface area contributed by atoms with E-state index in [0.717, 1.165) is 25.2 Å². The number of hydrogen-bond acceptors (Lipinski definition) is 4. The van der Waals surface area contributed by atoms with Crippen molar-refractivity contribution in [2.75, 3.05) is 5.32 Å². The Morgan fingerprint density at radius 3 is 2.32 bits per heavy atom. The lowest BCUT2D eigenvalue weighted by molar-refractivity contribution is -0.141. The Hall–Kier alpha value is -3.31. The van der Waals surface area contributed by atoms with Crippen LogP contribution in [0.5, 0.6) is 0 Å². The zero-order valence-electron chi connectivity index (χ0n) is 13.8. The van der Waals surface area contributed by atoms with Crippen LogP contribution in [0.3, 0.4) is 0 Å². The maximum absolute atomic E-state index is 13.0. The fourth-order valence-corrected chi connectivity index (χ4v) is 2.49. The quantitative estimate of drug-likeness (QED) is 0.520. The highest BCUT2D eigenvalue weighted by Crippen LogP contribution is 2.34. The van der Waals surface area contributed by atoms with Crippen molar-refractivity contribution in [1.29, 1.82) is 0 Å². The molecule has 148 valence electrons. The van der Waals surface area contributed by atoms with Gasteiger partial charge < -0.3 is 9.73 Å². The molecule has 0 spiro atoms. The summed E-state index contributed by atoms with van der Waals surface area (Å²) < 4.78 is 82.5. The van der Waals surface area contributed by atoms with Crippen molar-refractivity contribution in [1.82, 2.24) is 9.78 Å². The lowest BCUT2D eigenvalue weighted by Gasteiger charge is -2.10. The Labute approximate surface area is 151 Å². The lowest BCUT2D eigenvalue weighted by atomic mass is 10.1. The molecule has 0 aliphatic rings. The molecule has 6 nitrogen and oxygen atoms in total. The first kappa shape index (κ1) is 19.5. The van der Waals surface area contributed by atoms with Crippen molar-refractivity contribution >= 4 is 22.6 Å². The normalized spacial score (nSPS) is 12.4. The molecule has 0 fully saturated rings. The third-order valence-corrected chi connectivity index (χ3v) is 3.71. The summed E-state index contributed by atoms with van der Waals surface area (Å²) >= 11 is 0. The Balaban J connectivity index is 1.96. The smallest absolute Gasteiger partial charge is 0.423 e. The maximum atomic E-state index is 13.0. The van der Waals surface area contributed by atoms with Crippen LogP contribution in [-0.4, -0.2) is 15.7 Å². The van der Waals surface area contributed by atoms with Crippen molar-refractivity contribution in [2.45, 2.75) is 12.4 Å². The molecule has 3 aromatic rings. The van der Waals surface area contributed by atoms with Crippen molar-refractivity contribution in [2.24, 2.45) is 7.05 Å². The van der Waals surface area contributed by atoms with Gasteiger partial charge in [-0.2, -0.15) is 31.4 Å². The molecule has 1 N–H and O–H groups in total. The number of aryl methyl sites for hydroxylation is 1. The lowest BCUT2D eigenvalue weighted by Crippen LogP contribution is -2.16. The summed E-state index contributed by atoms with van der Waals surface area (Å²) in [4.78, 5) is 23.6. The van der Waals surface area contributed by atoms with E-state index in [1.807, 2.05) is 0 Å². The van der Waals surface area contributed by atoms with Gasteiger partial charge in [0.2, 0.25) is 0 Å². The maximum Gasteiger partial charge on any atom is 0.435 e. The number of hydrogen-bond donors (Lipinski definition) is 1. The molecule has 0 unspecified atom stereocenters. The molecule has 0 saturated heterocycles.